The van der Waals surface area contributed by atoms with Crippen LogP contribution in [0.4, 0.5) is 4.39 Å². The summed E-state index contributed by atoms with van der Waals surface area (Å²) < 4.78 is 13.0. The summed E-state index contributed by atoms with van der Waals surface area (Å²) in [6.45, 7) is 0.853. The Morgan fingerprint density at radius 1 is 1.35 bits per heavy atom. The zero-order valence-corrected chi connectivity index (χ0v) is 9.27. The summed E-state index contributed by atoms with van der Waals surface area (Å²) in [5, 5.41) is 18.9. The van der Waals surface area contributed by atoms with E-state index in [4.69, 9.17) is 0 Å². The van der Waals surface area contributed by atoms with Crippen molar-refractivity contribution in [3.05, 3.63) is 29.6 Å². The Morgan fingerprint density at radius 3 is 2.65 bits per heavy atom. The van der Waals surface area contributed by atoms with E-state index in [1.807, 2.05) is 0 Å². The van der Waals surface area contributed by atoms with Crippen molar-refractivity contribution in [3.8, 4) is 5.75 Å². The number of aromatic hydroxyl groups is 1. The van der Waals surface area contributed by atoms with E-state index in [2.05, 4.69) is 0 Å². The van der Waals surface area contributed by atoms with Gasteiger partial charge in [0.05, 0.1) is 11.7 Å². The standard InChI is InChI=1S/C12H14FNO3/c13-8-1-2-11(16)10(7-8)12(17)14-5-3-9(15)4-6-14/h1-2,7,9,15-16H,3-6H2. The Morgan fingerprint density at radius 2 is 2.00 bits per heavy atom. The number of likely N-dealkylation sites (tertiary alicyclic amines) is 1. The predicted octanol–water partition coefficient (Wildman–Crippen LogP) is 1.13. The lowest BCUT2D eigenvalue weighted by atomic mass is 10.1. The average molecular weight is 239 g/mol. The van der Waals surface area contributed by atoms with E-state index in [0.717, 1.165) is 12.1 Å². The van der Waals surface area contributed by atoms with Crippen LogP contribution in [0.5, 0.6) is 5.75 Å². The molecule has 0 bridgehead atoms. The van der Waals surface area contributed by atoms with E-state index >= 15 is 0 Å². The fraction of sp³-hybridized carbons (Fsp3) is 0.417. The minimum absolute atomic E-state index is 0.0265. The highest BCUT2D eigenvalue weighted by Crippen LogP contribution is 2.21. The molecule has 4 nitrogen and oxygen atoms in total. The van der Waals surface area contributed by atoms with Crippen LogP contribution in [0, 0.1) is 5.82 Å². The summed E-state index contributed by atoms with van der Waals surface area (Å²) >= 11 is 0. The number of hydrogen-bond acceptors (Lipinski definition) is 3. The van der Waals surface area contributed by atoms with E-state index in [9.17, 15) is 19.4 Å². The van der Waals surface area contributed by atoms with Crippen molar-refractivity contribution in [2.24, 2.45) is 0 Å². The van der Waals surface area contributed by atoms with E-state index in [1.54, 1.807) is 0 Å². The highest BCUT2D eigenvalue weighted by atomic mass is 19.1. The van der Waals surface area contributed by atoms with Crippen LogP contribution in [0.3, 0.4) is 0 Å². The largest absolute Gasteiger partial charge is 0.507 e. The molecule has 5 heteroatoms. The predicted molar refractivity (Wildman–Crippen MR) is 59.2 cm³/mol. The van der Waals surface area contributed by atoms with Gasteiger partial charge in [0.1, 0.15) is 11.6 Å². The molecule has 0 unspecified atom stereocenters. The number of hydrogen-bond donors (Lipinski definition) is 2. The van der Waals surface area contributed by atoms with E-state index < -0.39 is 11.7 Å². The number of piperidine rings is 1. The maximum atomic E-state index is 13.0. The smallest absolute Gasteiger partial charge is 0.257 e. The summed E-state index contributed by atoms with van der Waals surface area (Å²) in [5.41, 5.74) is -0.0265. The molecule has 1 aliphatic rings. The van der Waals surface area contributed by atoms with Crippen LogP contribution in [-0.2, 0) is 0 Å². The third-order valence-corrected chi connectivity index (χ3v) is 2.94. The minimum Gasteiger partial charge on any atom is -0.507 e. The summed E-state index contributed by atoms with van der Waals surface area (Å²) in [7, 11) is 0. The molecule has 0 saturated carbocycles. The van der Waals surface area contributed by atoms with Gasteiger partial charge in [-0.2, -0.15) is 0 Å². The van der Waals surface area contributed by atoms with Crippen LogP contribution in [0.25, 0.3) is 0 Å². The second-order valence-corrected chi connectivity index (χ2v) is 4.18. The number of nitrogens with zero attached hydrogens (tertiary/aromatic N) is 1. The normalized spacial score (nSPS) is 17.2. The number of rotatable bonds is 1. The van der Waals surface area contributed by atoms with Crippen LogP contribution < -0.4 is 0 Å². The molecule has 0 spiro atoms. The number of carbonyl (C=O) groups excluding carboxylic acids is 1. The van der Waals surface area contributed by atoms with E-state index in [1.165, 1.54) is 11.0 Å². The molecular weight excluding hydrogens is 225 g/mol. The molecule has 1 aliphatic heterocycles. The fourth-order valence-electron chi connectivity index (χ4n) is 1.92. The zero-order chi connectivity index (χ0) is 12.4. The van der Waals surface area contributed by atoms with E-state index in [-0.39, 0.29) is 17.4 Å². The molecule has 1 aromatic carbocycles. The van der Waals surface area contributed by atoms with Crippen LogP contribution in [0.1, 0.15) is 23.2 Å². The molecule has 1 fully saturated rings. The number of phenolic OH excluding ortho intramolecular Hbond substituents is 1. The van der Waals surface area contributed by atoms with Crippen molar-refractivity contribution in [1.82, 2.24) is 4.90 Å². The number of benzene rings is 1. The van der Waals surface area contributed by atoms with Crippen molar-refractivity contribution in [3.63, 3.8) is 0 Å². The Kier molecular flexibility index (Phi) is 3.28. The molecule has 92 valence electrons. The number of halogens is 1. The molecule has 0 radical (unpaired) electrons. The lowest BCUT2D eigenvalue weighted by molar-refractivity contribution is 0.0544. The number of amides is 1. The number of aliphatic hydroxyl groups excluding tert-OH is 1. The zero-order valence-electron chi connectivity index (χ0n) is 9.27. The average Bonchev–Trinajstić information content (AvgIpc) is 2.32. The van der Waals surface area contributed by atoms with E-state index in [0.29, 0.717) is 25.9 Å². The van der Waals surface area contributed by atoms with Crippen LogP contribution in [0.15, 0.2) is 18.2 Å². The van der Waals surface area contributed by atoms with Gasteiger partial charge in [0.25, 0.3) is 5.91 Å². The second-order valence-electron chi connectivity index (χ2n) is 4.18. The summed E-state index contributed by atoms with van der Waals surface area (Å²) in [5.74, 6) is -1.17. The molecule has 0 aliphatic carbocycles. The molecule has 1 aromatic rings. The SMILES string of the molecule is O=C(c1cc(F)ccc1O)N1CCC(O)CC1. The topological polar surface area (TPSA) is 60.8 Å². The van der Waals surface area contributed by atoms with Crippen molar-refractivity contribution in [2.45, 2.75) is 18.9 Å². The molecule has 1 saturated heterocycles. The van der Waals surface area contributed by atoms with Gasteiger partial charge >= 0.3 is 0 Å². The molecular formula is C12H14FNO3. The number of phenols is 1. The van der Waals surface area contributed by atoms with Gasteiger partial charge in [0.2, 0.25) is 0 Å². The van der Waals surface area contributed by atoms with Gasteiger partial charge in [-0.25, -0.2) is 4.39 Å². The van der Waals surface area contributed by atoms with Gasteiger partial charge in [-0.3, -0.25) is 4.79 Å². The van der Waals surface area contributed by atoms with Gasteiger partial charge < -0.3 is 15.1 Å². The lowest BCUT2D eigenvalue weighted by Gasteiger charge is -2.29. The Bertz CT molecular complexity index is 428. The molecule has 2 N–H and O–H groups in total. The third kappa shape index (κ3) is 2.55. The van der Waals surface area contributed by atoms with Gasteiger partial charge in [0, 0.05) is 13.1 Å². The van der Waals surface area contributed by atoms with Gasteiger partial charge in [-0.15, -0.1) is 0 Å². The fourth-order valence-corrected chi connectivity index (χ4v) is 1.92. The highest BCUT2D eigenvalue weighted by Gasteiger charge is 2.24. The second kappa shape index (κ2) is 4.71. The Hall–Kier alpha value is -1.62. The van der Waals surface area contributed by atoms with Gasteiger partial charge in [0.15, 0.2) is 0 Å². The van der Waals surface area contributed by atoms with Crippen LogP contribution >= 0.6 is 0 Å². The molecule has 0 atom stereocenters. The molecule has 0 aromatic heterocycles. The quantitative estimate of drug-likeness (QED) is 0.772. The minimum atomic E-state index is -0.553. The first kappa shape index (κ1) is 11.9. The Labute approximate surface area is 98.3 Å². The number of aliphatic hydroxyl groups is 1. The van der Waals surface area contributed by atoms with Crippen molar-refractivity contribution in [2.75, 3.05) is 13.1 Å². The third-order valence-electron chi connectivity index (χ3n) is 2.94. The Balaban J connectivity index is 2.16. The first-order valence-corrected chi connectivity index (χ1v) is 5.54. The molecule has 17 heavy (non-hydrogen) atoms. The van der Waals surface area contributed by atoms with Crippen LogP contribution in [0.2, 0.25) is 0 Å². The monoisotopic (exact) mass is 239 g/mol. The maximum absolute atomic E-state index is 13.0. The van der Waals surface area contributed by atoms with Crippen molar-refractivity contribution >= 4 is 5.91 Å². The maximum Gasteiger partial charge on any atom is 0.257 e. The number of carbonyl (C=O) groups is 1. The summed E-state index contributed by atoms with van der Waals surface area (Å²) in [4.78, 5) is 13.5. The van der Waals surface area contributed by atoms with Gasteiger partial charge in [-0.05, 0) is 31.0 Å². The van der Waals surface area contributed by atoms with Crippen molar-refractivity contribution in [1.29, 1.82) is 0 Å². The lowest BCUT2D eigenvalue weighted by Crippen LogP contribution is -2.40. The molecule has 2 rings (SSSR count). The highest BCUT2D eigenvalue weighted by molar-refractivity contribution is 5.96. The first-order valence-electron chi connectivity index (χ1n) is 5.54. The summed E-state index contributed by atoms with van der Waals surface area (Å²) in [6.07, 6.45) is 0.657. The van der Waals surface area contributed by atoms with Crippen molar-refractivity contribution < 1.29 is 19.4 Å². The van der Waals surface area contributed by atoms with Gasteiger partial charge in [-0.1, -0.05) is 0 Å². The molecule has 1 heterocycles. The van der Waals surface area contributed by atoms with Crippen LogP contribution in [-0.4, -0.2) is 40.2 Å². The first-order chi connectivity index (χ1) is 8.08. The summed E-state index contributed by atoms with van der Waals surface area (Å²) in [6, 6.07) is 3.30. The molecule has 1 amide bonds.